The van der Waals surface area contributed by atoms with Crippen LogP contribution in [-0.2, 0) is 26.4 Å². The summed E-state index contributed by atoms with van der Waals surface area (Å²) in [5, 5.41) is 18.2. The standard InChI is InChI=1S/C12H17N7O/c1-18-11(9-4-2-3-5-10(9)15-18)12(20)13-6-7-19-8-14-16-17-19/h8H,2-7H2,1H3,(H,13,20). The summed E-state index contributed by atoms with van der Waals surface area (Å²) in [4.78, 5) is 12.3. The SMILES string of the molecule is Cn1nc2c(c1C(=O)NCCn1cnnn1)CCCC2. The molecule has 0 saturated carbocycles. The van der Waals surface area contributed by atoms with Crippen LogP contribution in [0.4, 0.5) is 0 Å². The van der Waals surface area contributed by atoms with Gasteiger partial charge in [-0.15, -0.1) is 5.10 Å². The molecule has 1 aliphatic carbocycles. The molecule has 0 spiro atoms. The van der Waals surface area contributed by atoms with Crippen LogP contribution in [0.1, 0.15) is 34.6 Å². The van der Waals surface area contributed by atoms with Gasteiger partial charge < -0.3 is 5.32 Å². The van der Waals surface area contributed by atoms with Gasteiger partial charge in [-0.3, -0.25) is 9.48 Å². The lowest BCUT2D eigenvalue weighted by molar-refractivity contribution is 0.0941. The number of tetrazole rings is 1. The van der Waals surface area contributed by atoms with Gasteiger partial charge in [-0.05, 0) is 36.1 Å². The number of aryl methyl sites for hydroxylation is 2. The van der Waals surface area contributed by atoms with E-state index >= 15 is 0 Å². The Labute approximate surface area is 116 Å². The van der Waals surface area contributed by atoms with E-state index in [0.29, 0.717) is 18.8 Å². The zero-order valence-corrected chi connectivity index (χ0v) is 11.4. The number of rotatable bonds is 4. The molecule has 106 valence electrons. The van der Waals surface area contributed by atoms with Crippen molar-refractivity contribution in [3.05, 3.63) is 23.3 Å². The molecule has 2 aromatic rings. The van der Waals surface area contributed by atoms with E-state index in [9.17, 15) is 4.79 Å². The predicted molar refractivity (Wildman–Crippen MR) is 70.0 cm³/mol. The summed E-state index contributed by atoms with van der Waals surface area (Å²) >= 11 is 0. The Morgan fingerprint density at radius 3 is 3.05 bits per heavy atom. The van der Waals surface area contributed by atoms with Crippen LogP contribution in [0.25, 0.3) is 0 Å². The van der Waals surface area contributed by atoms with E-state index in [-0.39, 0.29) is 5.91 Å². The van der Waals surface area contributed by atoms with E-state index < -0.39 is 0 Å². The molecular weight excluding hydrogens is 258 g/mol. The summed E-state index contributed by atoms with van der Waals surface area (Å²) in [7, 11) is 1.83. The molecule has 0 aliphatic heterocycles. The first-order valence-corrected chi connectivity index (χ1v) is 6.79. The van der Waals surface area contributed by atoms with Crippen molar-refractivity contribution in [2.45, 2.75) is 32.2 Å². The molecule has 0 radical (unpaired) electrons. The topological polar surface area (TPSA) is 90.5 Å². The van der Waals surface area contributed by atoms with Crippen molar-refractivity contribution in [1.29, 1.82) is 0 Å². The maximum atomic E-state index is 12.3. The Morgan fingerprint density at radius 1 is 1.40 bits per heavy atom. The summed E-state index contributed by atoms with van der Waals surface area (Å²) in [6, 6.07) is 0. The van der Waals surface area contributed by atoms with E-state index in [0.717, 1.165) is 36.9 Å². The number of fused-ring (bicyclic) bond motifs is 1. The Morgan fingerprint density at radius 2 is 2.25 bits per heavy atom. The maximum absolute atomic E-state index is 12.3. The Hall–Kier alpha value is -2.25. The lowest BCUT2D eigenvalue weighted by atomic mass is 9.95. The molecule has 2 heterocycles. The highest BCUT2D eigenvalue weighted by Crippen LogP contribution is 2.23. The maximum Gasteiger partial charge on any atom is 0.269 e. The average molecular weight is 275 g/mol. The van der Waals surface area contributed by atoms with E-state index in [4.69, 9.17) is 0 Å². The fourth-order valence-corrected chi connectivity index (χ4v) is 2.62. The number of nitrogens with zero attached hydrogens (tertiary/aromatic N) is 6. The molecule has 0 fully saturated rings. The van der Waals surface area contributed by atoms with E-state index in [1.807, 2.05) is 7.05 Å². The molecule has 0 atom stereocenters. The van der Waals surface area contributed by atoms with Crippen molar-refractivity contribution in [2.24, 2.45) is 7.05 Å². The number of amides is 1. The van der Waals surface area contributed by atoms with Crippen LogP contribution in [0.15, 0.2) is 6.33 Å². The summed E-state index contributed by atoms with van der Waals surface area (Å²) in [5.41, 5.74) is 2.87. The number of carbonyl (C=O) groups excluding carboxylic acids is 1. The third-order valence-electron chi connectivity index (χ3n) is 3.55. The third-order valence-corrected chi connectivity index (χ3v) is 3.55. The van der Waals surface area contributed by atoms with Crippen molar-refractivity contribution in [3.8, 4) is 0 Å². The minimum atomic E-state index is -0.0729. The monoisotopic (exact) mass is 275 g/mol. The molecule has 0 saturated heterocycles. The highest BCUT2D eigenvalue weighted by Gasteiger charge is 2.23. The molecule has 8 heteroatoms. The molecule has 1 amide bonds. The van der Waals surface area contributed by atoms with Gasteiger partial charge in [0.1, 0.15) is 12.0 Å². The fourth-order valence-electron chi connectivity index (χ4n) is 2.62. The lowest BCUT2D eigenvalue weighted by Gasteiger charge is -2.11. The van der Waals surface area contributed by atoms with Crippen molar-refractivity contribution in [3.63, 3.8) is 0 Å². The van der Waals surface area contributed by atoms with Gasteiger partial charge in [0, 0.05) is 19.2 Å². The van der Waals surface area contributed by atoms with Gasteiger partial charge in [-0.1, -0.05) is 0 Å². The molecule has 0 bridgehead atoms. The number of hydrogen-bond acceptors (Lipinski definition) is 5. The Bertz CT molecular complexity index is 602. The lowest BCUT2D eigenvalue weighted by Crippen LogP contribution is -2.30. The molecule has 3 rings (SSSR count). The molecule has 0 unspecified atom stereocenters. The quantitative estimate of drug-likeness (QED) is 0.828. The number of carbonyl (C=O) groups is 1. The number of aromatic nitrogens is 6. The zero-order chi connectivity index (χ0) is 13.9. The van der Waals surface area contributed by atoms with Crippen LogP contribution < -0.4 is 5.32 Å². The fraction of sp³-hybridized carbons (Fsp3) is 0.583. The van der Waals surface area contributed by atoms with Crippen molar-refractivity contribution in [1.82, 2.24) is 35.3 Å². The van der Waals surface area contributed by atoms with Crippen molar-refractivity contribution in [2.75, 3.05) is 6.54 Å². The first-order chi connectivity index (χ1) is 9.75. The smallest absolute Gasteiger partial charge is 0.269 e. The van der Waals surface area contributed by atoms with Crippen molar-refractivity contribution >= 4 is 5.91 Å². The molecule has 8 nitrogen and oxygen atoms in total. The Balaban J connectivity index is 1.66. The number of nitrogens with one attached hydrogen (secondary N) is 1. The molecule has 1 aliphatic rings. The van der Waals surface area contributed by atoms with Crippen LogP contribution in [0.3, 0.4) is 0 Å². The average Bonchev–Trinajstić information content (AvgIpc) is 3.04. The van der Waals surface area contributed by atoms with Gasteiger partial charge in [-0.2, -0.15) is 5.10 Å². The highest BCUT2D eigenvalue weighted by atomic mass is 16.2. The first-order valence-electron chi connectivity index (χ1n) is 6.79. The second-order valence-corrected chi connectivity index (χ2v) is 4.93. The van der Waals surface area contributed by atoms with Crippen LogP contribution in [0.2, 0.25) is 0 Å². The summed E-state index contributed by atoms with van der Waals surface area (Å²) < 4.78 is 3.28. The minimum Gasteiger partial charge on any atom is -0.349 e. The summed E-state index contributed by atoms with van der Waals surface area (Å²) in [5.74, 6) is -0.0729. The highest BCUT2D eigenvalue weighted by molar-refractivity contribution is 5.94. The molecule has 2 aromatic heterocycles. The van der Waals surface area contributed by atoms with Gasteiger partial charge in [0.15, 0.2) is 0 Å². The van der Waals surface area contributed by atoms with Gasteiger partial charge >= 0.3 is 0 Å². The normalized spacial score (nSPS) is 14.1. The molecule has 20 heavy (non-hydrogen) atoms. The molecule has 1 N–H and O–H groups in total. The van der Waals surface area contributed by atoms with Crippen LogP contribution in [0, 0.1) is 0 Å². The first kappa shape index (κ1) is 12.8. The molecular formula is C12H17N7O. The van der Waals surface area contributed by atoms with Gasteiger partial charge in [0.25, 0.3) is 5.91 Å². The summed E-state index contributed by atoms with van der Waals surface area (Å²) in [6.07, 6.45) is 5.73. The van der Waals surface area contributed by atoms with Gasteiger partial charge in [0.2, 0.25) is 0 Å². The van der Waals surface area contributed by atoms with E-state index in [2.05, 4.69) is 25.9 Å². The largest absolute Gasteiger partial charge is 0.349 e. The van der Waals surface area contributed by atoms with Crippen LogP contribution >= 0.6 is 0 Å². The van der Waals surface area contributed by atoms with Crippen LogP contribution in [-0.4, -0.2) is 42.4 Å². The number of hydrogen-bond donors (Lipinski definition) is 1. The van der Waals surface area contributed by atoms with Gasteiger partial charge in [-0.25, -0.2) is 4.68 Å². The van der Waals surface area contributed by atoms with E-state index in [1.54, 1.807) is 9.36 Å². The predicted octanol–water partition coefficient (Wildman–Crippen LogP) is -0.285. The zero-order valence-electron chi connectivity index (χ0n) is 11.4. The Kier molecular flexibility index (Phi) is 3.44. The second kappa shape index (κ2) is 5.40. The third kappa shape index (κ3) is 2.40. The minimum absolute atomic E-state index is 0.0729. The molecule has 0 aromatic carbocycles. The van der Waals surface area contributed by atoms with Gasteiger partial charge in [0.05, 0.1) is 12.2 Å². The second-order valence-electron chi connectivity index (χ2n) is 4.93. The van der Waals surface area contributed by atoms with Crippen LogP contribution in [0.5, 0.6) is 0 Å². The van der Waals surface area contributed by atoms with E-state index in [1.165, 1.54) is 6.33 Å². The summed E-state index contributed by atoms with van der Waals surface area (Å²) in [6.45, 7) is 1.04. The van der Waals surface area contributed by atoms with Crippen molar-refractivity contribution < 1.29 is 4.79 Å².